The first-order valence-corrected chi connectivity index (χ1v) is 14.3. The molecule has 2 aromatic carbocycles. The standard InChI is InChI=1S/C30H46N2O2S/c1-2-3-4-5-6-7-8-9-10-11-12-13-14-15-16-19-22-31-30(35)32-24-27-28(33)23-25-20-17-18-21-26(25)29(27)34/h17-18,20-21,23-24,33-34H,2-16,19,22H2,1H3,(H,31,35). The van der Waals surface area contributed by atoms with E-state index in [0.717, 1.165) is 18.4 Å². The Balaban J connectivity index is 1.46. The zero-order valence-corrected chi connectivity index (χ0v) is 22.6. The molecular weight excluding hydrogens is 452 g/mol. The lowest BCUT2D eigenvalue weighted by Gasteiger charge is -2.08. The fraction of sp³-hybridized carbons (Fsp3) is 0.600. The van der Waals surface area contributed by atoms with Crippen LogP contribution in [0.1, 0.15) is 115 Å². The molecule has 0 unspecified atom stereocenters. The van der Waals surface area contributed by atoms with E-state index < -0.39 is 0 Å². The van der Waals surface area contributed by atoms with Gasteiger partial charge in [-0.15, -0.1) is 0 Å². The summed E-state index contributed by atoms with van der Waals surface area (Å²) in [6.45, 7) is 3.07. The van der Waals surface area contributed by atoms with Crippen LogP contribution < -0.4 is 5.32 Å². The van der Waals surface area contributed by atoms with Crippen molar-refractivity contribution >= 4 is 34.3 Å². The van der Waals surface area contributed by atoms with Crippen LogP contribution in [0, 0.1) is 0 Å². The Morgan fingerprint density at radius 2 is 1.31 bits per heavy atom. The van der Waals surface area contributed by atoms with Gasteiger partial charge in [0, 0.05) is 18.1 Å². The summed E-state index contributed by atoms with van der Waals surface area (Å²) in [5.74, 6) is 0.00973. The lowest BCUT2D eigenvalue weighted by Crippen LogP contribution is -2.20. The van der Waals surface area contributed by atoms with E-state index in [-0.39, 0.29) is 17.1 Å². The van der Waals surface area contributed by atoms with E-state index in [1.165, 1.54) is 103 Å². The zero-order valence-electron chi connectivity index (χ0n) is 21.7. The fourth-order valence-electron chi connectivity index (χ4n) is 4.49. The summed E-state index contributed by atoms with van der Waals surface area (Å²) >= 11 is 5.27. The number of fused-ring (bicyclic) bond motifs is 1. The van der Waals surface area contributed by atoms with E-state index in [9.17, 15) is 10.2 Å². The predicted octanol–water partition coefficient (Wildman–Crippen LogP) is 8.81. The average molecular weight is 499 g/mol. The minimum absolute atomic E-state index is 0.00875. The minimum Gasteiger partial charge on any atom is -0.507 e. The highest BCUT2D eigenvalue weighted by Gasteiger charge is 2.10. The number of phenols is 2. The number of benzene rings is 2. The summed E-state index contributed by atoms with van der Waals surface area (Å²) in [5, 5.41) is 25.7. The molecule has 0 aromatic heterocycles. The van der Waals surface area contributed by atoms with Crippen molar-refractivity contribution < 1.29 is 10.2 Å². The molecule has 0 saturated heterocycles. The number of nitrogens with zero attached hydrogens (tertiary/aromatic N) is 1. The number of nitrogens with one attached hydrogen (secondary N) is 1. The van der Waals surface area contributed by atoms with Crippen LogP contribution in [-0.4, -0.2) is 28.1 Å². The van der Waals surface area contributed by atoms with E-state index in [4.69, 9.17) is 12.2 Å². The number of phenolic OH excluding ortho intramolecular Hbond substituents is 2. The molecule has 0 bridgehead atoms. The van der Waals surface area contributed by atoms with E-state index >= 15 is 0 Å². The van der Waals surface area contributed by atoms with Gasteiger partial charge in [-0.3, -0.25) is 0 Å². The molecule has 0 spiro atoms. The van der Waals surface area contributed by atoms with Gasteiger partial charge in [-0.2, -0.15) is 0 Å². The lowest BCUT2D eigenvalue weighted by molar-refractivity contribution is 0.453. The number of unbranched alkanes of at least 4 members (excludes halogenated alkanes) is 15. The quantitative estimate of drug-likeness (QED) is 0.109. The summed E-state index contributed by atoms with van der Waals surface area (Å²) < 4.78 is 0. The maximum absolute atomic E-state index is 10.5. The largest absolute Gasteiger partial charge is 0.507 e. The molecule has 0 fully saturated rings. The van der Waals surface area contributed by atoms with E-state index in [1.807, 2.05) is 24.3 Å². The van der Waals surface area contributed by atoms with Gasteiger partial charge in [0.15, 0.2) is 5.11 Å². The SMILES string of the molecule is CCCCCCCCCCCCCCCCCCNC(=S)N=Cc1c(O)cc2ccccc2c1O. The highest BCUT2D eigenvalue weighted by Crippen LogP contribution is 2.34. The first-order valence-electron chi connectivity index (χ1n) is 13.9. The van der Waals surface area contributed by atoms with E-state index in [2.05, 4.69) is 17.2 Å². The number of hydrogen-bond acceptors (Lipinski definition) is 3. The van der Waals surface area contributed by atoms with Crippen LogP contribution in [0.5, 0.6) is 11.5 Å². The highest BCUT2D eigenvalue weighted by molar-refractivity contribution is 7.80. The molecule has 0 heterocycles. The zero-order chi connectivity index (χ0) is 25.1. The van der Waals surface area contributed by atoms with E-state index in [1.54, 1.807) is 6.07 Å². The molecule has 35 heavy (non-hydrogen) atoms. The van der Waals surface area contributed by atoms with Gasteiger partial charge in [-0.1, -0.05) is 128 Å². The van der Waals surface area contributed by atoms with Crippen LogP contribution in [-0.2, 0) is 0 Å². The molecule has 3 N–H and O–H groups in total. The van der Waals surface area contributed by atoms with Crippen LogP contribution in [0.4, 0.5) is 0 Å². The summed E-state index contributed by atoms with van der Waals surface area (Å²) in [7, 11) is 0. The molecule has 0 aliphatic rings. The molecule has 0 atom stereocenters. The Kier molecular flexibility index (Phi) is 15.1. The summed E-state index contributed by atoms with van der Waals surface area (Å²) in [6, 6.07) is 9.01. The van der Waals surface area contributed by atoms with Gasteiger partial charge in [0.05, 0.1) is 5.56 Å². The molecular formula is C30H46N2O2S. The molecule has 2 aromatic rings. The maximum atomic E-state index is 10.5. The first-order chi connectivity index (χ1) is 17.1. The van der Waals surface area contributed by atoms with Crippen molar-refractivity contribution in [2.75, 3.05) is 6.54 Å². The number of aromatic hydroxyl groups is 2. The minimum atomic E-state index is -0.00875. The summed E-state index contributed by atoms with van der Waals surface area (Å²) in [6.07, 6.45) is 23.1. The third kappa shape index (κ3) is 11.9. The maximum Gasteiger partial charge on any atom is 0.192 e. The molecule has 4 nitrogen and oxygen atoms in total. The van der Waals surface area contributed by atoms with Gasteiger partial charge in [0.1, 0.15) is 11.5 Å². The van der Waals surface area contributed by atoms with Crippen LogP contribution >= 0.6 is 12.2 Å². The molecule has 194 valence electrons. The summed E-state index contributed by atoms with van der Waals surface area (Å²) in [5.41, 5.74) is 0.287. The number of hydrogen-bond donors (Lipinski definition) is 3. The Morgan fingerprint density at radius 1 is 0.800 bits per heavy atom. The number of thiocarbonyl (C=S) groups is 1. The molecule has 2 rings (SSSR count). The third-order valence-electron chi connectivity index (χ3n) is 6.66. The summed E-state index contributed by atoms with van der Waals surface area (Å²) in [4.78, 5) is 4.21. The van der Waals surface area contributed by atoms with Crippen molar-refractivity contribution in [3.05, 3.63) is 35.9 Å². The van der Waals surface area contributed by atoms with Crippen LogP contribution in [0.15, 0.2) is 35.3 Å². The van der Waals surface area contributed by atoms with Crippen LogP contribution in [0.3, 0.4) is 0 Å². The van der Waals surface area contributed by atoms with Crippen molar-refractivity contribution in [3.8, 4) is 11.5 Å². The van der Waals surface area contributed by atoms with Gasteiger partial charge >= 0.3 is 0 Å². The van der Waals surface area contributed by atoms with Gasteiger partial charge in [0.25, 0.3) is 0 Å². The molecule has 0 saturated carbocycles. The predicted molar refractivity (Wildman–Crippen MR) is 155 cm³/mol. The Bertz CT molecular complexity index is 897. The Hall–Kier alpha value is -2.14. The molecule has 0 aliphatic heterocycles. The van der Waals surface area contributed by atoms with Gasteiger partial charge in [0.2, 0.25) is 0 Å². The van der Waals surface area contributed by atoms with Crippen molar-refractivity contribution in [2.45, 2.75) is 110 Å². The van der Waals surface area contributed by atoms with Crippen molar-refractivity contribution in [2.24, 2.45) is 4.99 Å². The Morgan fingerprint density at radius 3 is 1.89 bits per heavy atom. The average Bonchev–Trinajstić information content (AvgIpc) is 2.85. The second-order valence-electron chi connectivity index (χ2n) is 9.67. The Labute approximate surface area is 218 Å². The smallest absolute Gasteiger partial charge is 0.192 e. The highest BCUT2D eigenvalue weighted by atomic mass is 32.1. The molecule has 5 heteroatoms. The van der Waals surface area contributed by atoms with Crippen molar-refractivity contribution in [3.63, 3.8) is 0 Å². The topological polar surface area (TPSA) is 64.9 Å². The van der Waals surface area contributed by atoms with Gasteiger partial charge in [-0.25, -0.2) is 4.99 Å². The normalized spacial score (nSPS) is 11.5. The van der Waals surface area contributed by atoms with E-state index in [0.29, 0.717) is 10.5 Å². The first kappa shape index (κ1) is 29.1. The van der Waals surface area contributed by atoms with Crippen LogP contribution in [0.25, 0.3) is 10.8 Å². The second kappa shape index (κ2) is 18.2. The van der Waals surface area contributed by atoms with Crippen LogP contribution in [0.2, 0.25) is 0 Å². The lowest BCUT2D eigenvalue weighted by atomic mass is 10.0. The molecule has 0 radical (unpaired) electrons. The van der Waals surface area contributed by atoms with Gasteiger partial charge < -0.3 is 15.5 Å². The van der Waals surface area contributed by atoms with Crippen molar-refractivity contribution in [1.82, 2.24) is 5.32 Å². The molecule has 0 amide bonds. The number of rotatable bonds is 18. The fourth-order valence-corrected chi connectivity index (χ4v) is 4.65. The van der Waals surface area contributed by atoms with Crippen molar-refractivity contribution in [1.29, 1.82) is 0 Å². The molecule has 0 aliphatic carbocycles. The monoisotopic (exact) mass is 498 g/mol. The van der Waals surface area contributed by atoms with Gasteiger partial charge in [-0.05, 0) is 30.1 Å². The number of aliphatic imine (C=N–C) groups is 1. The second-order valence-corrected chi connectivity index (χ2v) is 10.1. The third-order valence-corrected chi connectivity index (χ3v) is 6.91.